The number of rotatable bonds is 4. The Labute approximate surface area is 284 Å². The Hall–Kier alpha value is -6.32. The van der Waals surface area contributed by atoms with E-state index in [2.05, 4.69) is 161 Å². The van der Waals surface area contributed by atoms with E-state index in [0.717, 1.165) is 46.9 Å². The lowest BCUT2D eigenvalue weighted by Crippen LogP contribution is -2.13. The van der Waals surface area contributed by atoms with Crippen LogP contribution in [0.5, 0.6) is 11.5 Å². The number of anilines is 3. The van der Waals surface area contributed by atoms with Crippen molar-refractivity contribution < 1.29 is 4.74 Å². The maximum atomic E-state index is 6.43. The fourth-order valence-corrected chi connectivity index (χ4v) is 8.40. The van der Waals surface area contributed by atoms with Gasteiger partial charge in [0.05, 0.1) is 22.4 Å². The van der Waals surface area contributed by atoms with E-state index in [1.54, 1.807) is 0 Å². The lowest BCUT2D eigenvalue weighted by Gasteiger charge is -2.31. The first-order valence-corrected chi connectivity index (χ1v) is 17.0. The molecule has 7 aromatic carbocycles. The molecule has 8 aromatic rings. The highest BCUT2D eigenvalue weighted by atomic mass is 16.5. The van der Waals surface area contributed by atoms with Gasteiger partial charge in [0.15, 0.2) is 11.5 Å². The largest absolute Gasteiger partial charge is 0.453 e. The number of allylic oxidation sites excluding steroid dienone is 2. The van der Waals surface area contributed by atoms with Crippen LogP contribution in [-0.4, -0.2) is 4.57 Å². The average molecular weight is 627 g/mol. The zero-order valence-electron chi connectivity index (χ0n) is 26.7. The molecule has 1 aromatic heterocycles. The van der Waals surface area contributed by atoms with Gasteiger partial charge in [0.25, 0.3) is 0 Å². The lowest BCUT2D eigenvalue weighted by molar-refractivity contribution is 0.476. The van der Waals surface area contributed by atoms with E-state index >= 15 is 0 Å². The predicted octanol–water partition coefficient (Wildman–Crippen LogP) is 12.3. The second-order valence-electron chi connectivity index (χ2n) is 13.3. The molecule has 11 rings (SSSR count). The monoisotopic (exact) mass is 626 g/mol. The highest BCUT2D eigenvalue weighted by Gasteiger charge is 2.27. The second-order valence-corrected chi connectivity index (χ2v) is 13.3. The summed E-state index contributed by atoms with van der Waals surface area (Å²) in [6.07, 6.45) is 11.2. The van der Waals surface area contributed by atoms with Crippen LogP contribution in [0.4, 0.5) is 17.1 Å². The first-order valence-electron chi connectivity index (χ1n) is 17.0. The number of nitrogens with zero attached hydrogens (tertiary/aromatic N) is 2. The SMILES string of the molecule is C1=Cc2cc(N(c3ccc(-c4ccccc4)cc3)c3ccc4c(c3)c3cccc5c3n4-c3ccccc3O5)c3c4c(ccc(c24)C1)CC=C3. The molecule has 0 amide bonds. The molecule has 3 nitrogen and oxygen atoms in total. The van der Waals surface area contributed by atoms with E-state index in [1.165, 1.54) is 66.1 Å². The molecule has 3 aliphatic rings. The van der Waals surface area contributed by atoms with Crippen LogP contribution in [0, 0.1) is 0 Å². The van der Waals surface area contributed by atoms with E-state index in [1.807, 2.05) is 6.07 Å². The van der Waals surface area contributed by atoms with Gasteiger partial charge in [-0.15, -0.1) is 0 Å². The van der Waals surface area contributed by atoms with Crippen LogP contribution in [0.2, 0.25) is 0 Å². The van der Waals surface area contributed by atoms with Crippen LogP contribution >= 0.6 is 0 Å². The topological polar surface area (TPSA) is 17.4 Å². The molecule has 0 bridgehead atoms. The van der Waals surface area contributed by atoms with E-state index in [-0.39, 0.29) is 0 Å². The Morgan fingerprint density at radius 2 is 1.29 bits per heavy atom. The van der Waals surface area contributed by atoms with E-state index in [0.29, 0.717) is 0 Å². The van der Waals surface area contributed by atoms with Crippen molar-refractivity contribution in [2.24, 2.45) is 0 Å². The molecule has 1 aliphatic heterocycles. The van der Waals surface area contributed by atoms with Crippen LogP contribution < -0.4 is 9.64 Å². The average Bonchev–Trinajstić information content (AvgIpc) is 3.50. The van der Waals surface area contributed by atoms with E-state index in [9.17, 15) is 0 Å². The summed E-state index contributed by atoms with van der Waals surface area (Å²) in [5.41, 5.74) is 14.6. The third-order valence-electron chi connectivity index (χ3n) is 10.6. The molecule has 230 valence electrons. The molecule has 0 unspecified atom stereocenters. The van der Waals surface area contributed by atoms with E-state index in [4.69, 9.17) is 4.74 Å². The summed E-state index contributed by atoms with van der Waals surface area (Å²) in [6, 6.07) is 48.4. The molecule has 0 saturated heterocycles. The summed E-state index contributed by atoms with van der Waals surface area (Å²) in [7, 11) is 0. The number of hydrogen-bond acceptors (Lipinski definition) is 2. The fourth-order valence-electron chi connectivity index (χ4n) is 8.40. The summed E-state index contributed by atoms with van der Waals surface area (Å²) in [4.78, 5) is 2.46. The minimum absolute atomic E-state index is 0.878. The van der Waals surface area contributed by atoms with Crippen molar-refractivity contribution >= 4 is 61.8 Å². The number of aromatic nitrogens is 1. The molecule has 2 heterocycles. The first-order chi connectivity index (χ1) is 24.3. The van der Waals surface area contributed by atoms with Gasteiger partial charge < -0.3 is 14.2 Å². The van der Waals surface area contributed by atoms with Crippen molar-refractivity contribution in [2.45, 2.75) is 12.8 Å². The third-order valence-corrected chi connectivity index (χ3v) is 10.6. The standard InChI is InChI=1S/C46H30N2O/c1-2-9-29(10-3-1)30-21-23-34(24-22-30)47(41-27-33-13-6-11-31-19-20-32-12-7-15-37(41)45(32)44(31)33)35-25-26-39-38(28-35)36-14-8-18-43-46(36)48(39)40-16-4-5-17-42(40)49-43/h1-10,13-28H,11-12H2. The molecule has 49 heavy (non-hydrogen) atoms. The van der Waals surface area contributed by atoms with Gasteiger partial charge in [-0.05, 0) is 106 Å². The Bertz CT molecular complexity index is 2730. The Morgan fingerprint density at radius 1 is 0.551 bits per heavy atom. The molecule has 2 aliphatic carbocycles. The second kappa shape index (κ2) is 10.1. The van der Waals surface area contributed by atoms with E-state index < -0.39 is 0 Å². The Balaban J connectivity index is 1.19. The van der Waals surface area contributed by atoms with Gasteiger partial charge >= 0.3 is 0 Å². The van der Waals surface area contributed by atoms with Gasteiger partial charge in [0.2, 0.25) is 0 Å². The third kappa shape index (κ3) is 3.84. The number of fused-ring (bicyclic) bond motifs is 5. The van der Waals surface area contributed by atoms with Crippen LogP contribution in [0.15, 0.2) is 146 Å². The molecule has 0 atom stereocenters. The summed E-state index contributed by atoms with van der Waals surface area (Å²) in [5, 5.41) is 5.19. The van der Waals surface area contributed by atoms with Crippen molar-refractivity contribution in [3.63, 3.8) is 0 Å². The van der Waals surface area contributed by atoms with Crippen LogP contribution in [0.3, 0.4) is 0 Å². The number of hydrogen-bond donors (Lipinski definition) is 0. The fraction of sp³-hybridized carbons (Fsp3) is 0.0435. The molecular formula is C46H30N2O. The van der Waals surface area contributed by atoms with Gasteiger partial charge in [-0.2, -0.15) is 0 Å². The number of benzene rings is 7. The maximum Gasteiger partial charge on any atom is 0.152 e. The van der Waals surface area contributed by atoms with Crippen molar-refractivity contribution in [1.82, 2.24) is 4.57 Å². The predicted molar refractivity (Wildman–Crippen MR) is 204 cm³/mol. The minimum atomic E-state index is 0.878. The number of para-hydroxylation sites is 3. The van der Waals surface area contributed by atoms with Crippen LogP contribution in [0.1, 0.15) is 22.3 Å². The van der Waals surface area contributed by atoms with Gasteiger partial charge in [-0.3, -0.25) is 0 Å². The highest BCUT2D eigenvalue weighted by Crippen LogP contribution is 2.49. The summed E-state index contributed by atoms with van der Waals surface area (Å²) in [6.45, 7) is 0. The smallest absolute Gasteiger partial charge is 0.152 e. The van der Waals surface area contributed by atoms with Crippen molar-refractivity contribution in [1.29, 1.82) is 0 Å². The Morgan fingerprint density at radius 3 is 2.16 bits per heavy atom. The summed E-state index contributed by atoms with van der Waals surface area (Å²) >= 11 is 0. The molecular weight excluding hydrogens is 597 g/mol. The summed E-state index contributed by atoms with van der Waals surface area (Å²) in [5.74, 6) is 1.77. The molecule has 0 spiro atoms. The quantitative estimate of drug-likeness (QED) is 0.193. The van der Waals surface area contributed by atoms with Crippen LogP contribution in [-0.2, 0) is 12.8 Å². The molecule has 0 fully saturated rings. The molecule has 3 heteroatoms. The van der Waals surface area contributed by atoms with Crippen molar-refractivity contribution in [2.75, 3.05) is 4.90 Å². The minimum Gasteiger partial charge on any atom is -0.453 e. The van der Waals surface area contributed by atoms with Crippen molar-refractivity contribution in [3.8, 4) is 28.3 Å². The van der Waals surface area contributed by atoms with Crippen molar-refractivity contribution in [3.05, 3.63) is 168 Å². The zero-order valence-corrected chi connectivity index (χ0v) is 26.7. The highest BCUT2D eigenvalue weighted by molar-refractivity contribution is 6.14. The van der Waals surface area contributed by atoms with Gasteiger partial charge in [-0.25, -0.2) is 0 Å². The van der Waals surface area contributed by atoms with Gasteiger partial charge in [-0.1, -0.05) is 103 Å². The zero-order chi connectivity index (χ0) is 32.1. The summed E-state index contributed by atoms with van der Waals surface area (Å²) < 4.78 is 8.80. The first kappa shape index (κ1) is 26.7. The normalized spacial score (nSPS) is 13.6. The maximum absolute atomic E-state index is 6.43. The molecule has 0 N–H and O–H groups in total. The lowest BCUT2D eigenvalue weighted by atomic mass is 9.84. The van der Waals surface area contributed by atoms with Crippen LogP contribution in [0.25, 0.3) is 61.5 Å². The number of ether oxygens (including phenoxy) is 1. The van der Waals surface area contributed by atoms with Gasteiger partial charge in [0, 0.05) is 27.7 Å². The Kier molecular flexibility index (Phi) is 5.50. The van der Waals surface area contributed by atoms with Gasteiger partial charge in [0.1, 0.15) is 0 Å². The molecule has 0 radical (unpaired) electrons. The molecule has 0 saturated carbocycles.